The van der Waals surface area contributed by atoms with Crippen LogP contribution in [0.2, 0.25) is 0 Å². The average molecular weight is 201 g/mol. The molecule has 2 atom stereocenters. The standard InChI is InChI=1S/C8H15N3O3/c1-3-8(2,9)7(13)10-5-4-14-11-6(5)12/h5H,3-4,9H2,1-2H3,(H,10,13)(H,11,12)/t5-,8?/m1/s1. The zero-order chi connectivity index (χ0) is 10.8. The second-order valence-electron chi connectivity index (χ2n) is 3.57. The van der Waals surface area contributed by atoms with E-state index in [0.29, 0.717) is 6.42 Å². The molecule has 0 saturated carbocycles. The fourth-order valence-corrected chi connectivity index (χ4v) is 0.934. The summed E-state index contributed by atoms with van der Waals surface area (Å²) in [7, 11) is 0. The highest BCUT2D eigenvalue weighted by Crippen LogP contribution is 2.05. The van der Waals surface area contributed by atoms with E-state index in [1.165, 1.54) is 0 Å². The van der Waals surface area contributed by atoms with Gasteiger partial charge in [-0.1, -0.05) is 6.92 Å². The molecule has 1 aliphatic heterocycles. The second-order valence-corrected chi connectivity index (χ2v) is 3.57. The lowest BCUT2D eigenvalue weighted by atomic mass is 9.99. The molecule has 0 bridgehead atoms. The number of carbonyl (C=O) groups excluding carboxylic acids is 2. The number of carbonyl (C=O) groups is 2. The van der Waals surface area contributed by atoms with Crippen molar-refractivity contribution >= 4 is 11.8 Å². The minimum Gasteiger partial charge on any atom is -0.341 e. The molecule has 80 valence electrons. The van der Waals surface area contributed by atoms with Crippen LogP contribution in [0.25, 0.3) is 0 Å². The molecule has 0 radical (unpaired) electrons. The molecule has 1 rings (SSSR count). The van der Waals surface area contributed by atoms with Crippen LogP contribution < -0.4 is 16.5 Å². The molecule has 1 unspecified atom stereocenters. The van der Waals surface area contributed by atoms with Gasteiger partial charge < -0.3 is 11.1 Å². The lowest BCUT2D eigenvalue weighted by Gasteiger charge is -2.22. The molecule has 0 aromatic rings. The van der Waals surface area contributed by atoms with Crippen molar-refractivity contribution in [2.24, 2.45) is 5.73 Å². The molecule has 1 fully saturated rings. The van der Waals surface area contributed by atoms with Crippen LogP contribution in [0.1, 0.15) is 20.3 Å². The number of hydrogen-bond donors (Lipinski definition) is 3. The SMILES string of the molecule is CCC(C)(N)C(=O)N[C@@H]1CONC1=O. The van der Waals surface area contributed by atoms with Gasteiger partial charge in [0.2, 0.25) is 5.91 Å². The Kier molecular flexibility index (Phi) is 3.07. The average Bonchev–Trinajstić information content (AvgIpc) is 2.52. The van der Waals surface area contributed by atoms with Crippen molar-refractivity contribution in [3.8, 4) is 0 Å². The minimum absolute atomic E-state index is 0.143. The summed E-state index contributed by atoms with van der Waals surface area (Å²) in [4.78, 5) is 27.2. The van der Waals surface area contributed by atoms with Crippen LogP contribution in [0.5, 0.6) is 0 Å². The molecule has 0 aromatic carbocycles. The third kappa shape index (κ3) is 2.21. The molecule has 0 aliphatic carbocycles. The summed E-state index contributed by atoms with van der Waals surface area (Å²) in [5.41, 5.74) is 6.91. The molecule has 0 spiro atoms. The maximum atomic E-state index is 11.5. The maximum Gasteiger partial charge on any atom is 0.268 e. The monoisotopic (exact) mass is 201 g/mol. The predicted octanol–water partition coefficient (Wildman–Crippen LogP) is -1.34. The predicted molar refractivity (Wildman–Crippen MR) is 48.9 cm³/mol. The smallest absolute Gasteiger partial charge is 0.268 e. The Balaban J connectivity index is 2.52. The van der Waals surface area contributed by atoms with E-state index in [4.69, 9.17) is 5.73 Å². The van der Waals surface area contributed by atoms with E-state index in [1.54, 1.807) is 6.92 Å². The Morgan fingerprint density at radius 2 is 2.50 bits per heavy atom. The van der Waals surface area contributed by atoms with Gasteiger partial charge in [0, 0.05) is 0 Å². The molecule has 6 heteroatoms. The summed E-state index contributed by atoms with van der Waals surface area (Å²) in [6, 6.07) is -0.628. The van der Waals surface area contributed by atoms with Crippen molar-refractivity contribution in [1.82, 2.24) is 10.8 Å². The lowest BCUT2D eigenvalue weighted by molar-refractivity contribution is -0.131. The molecule has 2 amide bonds. The third-order valence-electron chi connectivity index (χ3n) is 2.30. The van der Waals surface area contributed by atoms with Gasteiger partial charge in [0.15, 0.2) is 0 Å². The summed E-state index contributed by atoms with van der Waals surface area (Å²) < 4.78 is 0. The van der Waals surface area contributed by atoms with Crippen molar-refractivity contribution in [3.63, 3.8) is 0 Å². The Morgan fingerprint density at radius 1 is 1.86 bits per heavy atom. The van der Waals surface area contributed by atoms with Crippen LogP contribution in [-0.4, -0.2) is 30.0 Å². The highest BCUT2D eigenvalue weighted by atomic mass is 16.7. The Labute approximate surface area is 82.1 Å². The summed E-state index contributed by atoms with van der Waals surface area (Å²) in [5, 5.41) is 2.52. The van der Waals surface area contributed by atoms with Crippen LogP contribution in [0.15, 0.2) is 0 Å². The number of nitrogens with two attached hydrogens (primary N) is 1. The van der Waals surface area contributed by atoms with Crippen LogP contribution in [0.3, 0.4) is 0 Å². The van der Waals surface area contributed by atoms with Gasteiger partial charge in [0.1, 0.15) is 12.6 Å². The Hall–Kier alpha value is -1.14. The topological polar surface area (TPSA) is 93.5 Å². The van der Waals surface area contributed by atoms with E-state index in [1.807, 2.05) is 6.92 Å². The van der Waals surface area contributed by atoms with Crippen LogP contribution in [-0.2, 0) is 14.4 Å². The van der Waals surface area contributed by atoms with Crippen LogP contribution in [0.4, 0.5) is 0 Å². The van der Waals surface area contributed by atoms with E-state index in [2.05, 4.69) is 15.6 Å². The molecule has 1 heterocycles. The maximum absolute atomic E-state index is 11.5. The first-order valence-corrected chi connectivity index (χ1v) is 4.49. The summed E-state index contributed by atoms with van der Waals surface area (Å²) in [6.07, 6.45) is 0.508. The van der Waals surface area contributed by atoms with Crippen LogP contribution in [0, 0.1) is 0 Å². The number of hydrogen-bond acceptors (Lipinski definition) is 4. The molecular formula is C8H15N3O3. The quantitative estimate of drug-likeness (QED) is 0.527. The van der Waals surface area contributed by atoms with E-state index < -0.39 is 11.6 Å². The Morgan fingerprint density at radius 3 is 2.93 bits per heavy atom. The third-order valence-corrected chi connectivity index (χ3v) is 2.30. The molecule has 6 nitrogen and oxygen atoms in total. The summed E-state index contributed by atoms with van der Waals surface area (Å²) in [6.45, 7) is 3.57. The van der Waals surface area contributed by atoms with Gasteiger partial charge in [-0.25, -0.2) is 5.48 Å². The summed E-state index contributed by atoms with van der Waals surface area (Å²) >= 11 is 0. The first-order chi connectivity index (χ1) is 6.47. The molecule has 14 heavy (non-hydrogen) atoms. The van der Waals surface area contributed by atoms with Gasteiger partial charge in [0.05, 0.1) is 5.54 Å². The fourth-order valence-electron chi connectivity index (χ4n) is 0.934. The highest BCUT2D eigenvalue weighted by Gasteiger charge is 2.33. The second kappa shape index (κ2) is 3.93. The zero-order valence-corrected chi connectivity index (χ0v) is 8.29. The van der Waals surface area contributed by atoms with E-state index >= 15 is 0 Å². The Bertz CT molecular complexity index is 252. The van der Waals surface area contributed by atoms with Gasteiger partial charge in [-0.05, 0) is 13.3 Å². The summed E-state index contributed by atoms with van der Waals surface area (Å²) in [5.74, 6) is -0.684. The first kappa shape index (κ1) is 10.9. The molecule has 1 aliphatic rings. The molecule has 1 saturated heterocycles. The first-order valence-electron chi connectivity index (χ1n) is 4.49. The van der Waals surface area contributed by atoms with Crippen molar-refractivity contribution in [2.45, 2.75) is 31.8 Å². The van der Waals surface area contributed by atoms with Gasteiger partial charge in [-0.15, -0.1) is 0 Å². The number of amides is 2. The van der Waals surface area contributed by atoms with Gasteiger partial charge >= 0.3 is 0 Å². The largest absolute Gasteiger partial charge is 0.341 e. The molecule has 0 aromatic heterocycles. The molecule has 4 N–H and O–H groups in total. The van der Waals surface area contributed by atoms with Crippen LogP contribution >= 0.6 is 0 Å². The molecular weight excluding hydrogens is 186 g/mol. The van der Waals surface area contributed by atoms with E-state index in [9.17, 15) is 9.59 Å². The van der Waals surface area contributed by atoms with Crippen molar-refractivity contribution < 1.29 is 14.4 Å². The minimum atomic E-state index is -0.942. The van der Waals surface area contributed by atoms with Gasteiger partial charge in [0.25, 0.3) is 5.91 Å². The zero-order valence-electron chi connectivity index (χ0n) is 8.29. The van der Waals surface area contributed by atoms with Crippen molar-refractivity contribution in [1.29, 1.82) is 0 Å². The number of rotatable bonds is 3. The fraction of sp³-hybridized carbons (Fsp3) is 0.750. The van der Waals surface area contributed by atoms with E-state index in [-0.39, 0.29) is 18.4 Å². The normalized spacial score (nSPS) is 25.4. The van der Waals surface area contributed by atoms with Crippen molar-refractivity contribution in [2.75, 3.05) is 6.61 Å². The van der Waals surface area contributed by atoms with Gasteiger partial charge in [-0.3, -0.25) is 14.4 Å². The van der Waals surface area contributed by atoms with Crippen molar-refractivity contribution in [3.05, 3.63) is 0 Å². The number of nitrogens with one attached hydrogen (secondary N) is 2. The highest BCUT2D eigenvalue weighted by molar-refractivity contribution is 5.92. The number of hydroxylamine groups is 1. The lowest BCUT2D eigenvalue weighted by Crippen LogP contribution is -2.55. The van der Waals surface area contributed by atoms with E-state index in [0.717, 1.165) is 0 Å². The van der Waals surface area contributed by atoms with Gasteiger partial charge in [-0.2, -0.15) is 0 Å².